The minimum absolute atomic E-state index is 0.00706. The molecule has 0 radical (unpaired) electrons. The van der Waals surface area contributed by atoms with E-state index in [0.717, 1.165) is 18.7 Å². The van der Waals surface area contributed by atoms with Crippen LogP contribution in [0.2, 0.25) is 0 Å². The predicted molar refractivity (Wildman–Crippen MR) is 99.5 cm³/mol. The van der Waals surface area contributed by atoms with Crippen LogP contribution in [0.25, 0.3) is 0 Å². The monoisotopic (exact) mass is 340 g/mol. The van der Waals surface area contributed by atoms with Gasteiger partial charge in [-0.3, -0.25) is 14.6 Å². The maximum Gasteiger partial charge on any atom is 0.252 e. The number of ketones is 1. The molecule has 1 amide bonds. The Bertz CT molecular complexity index is 744. The molecule has 2 rings (SSSR count). The summed E-state index contributed by atoms with van der Waals surface area (Å²) in [6, 6.07) is 8.96. The number of pyridine rings is 1. The SMILES string of the molecule is CC(=O)c1cccc(Nc2cncc(C(=O)NCCCN(C)C)c2)c1. The van der Waals surface area contributed by atoms with Gasteiger partial charge in [0, 0.05) is 24.0 Å². The molecule has 2 aromatic rings. The highest BCUT2D eigenvalue weighted by Crippen LogP contribution is 2.18. The van der Waals surface area contributed by atoms with Crippen LogP contribution >= 0.6 is 0 Å². The first-order valence-corrected chi connectivity index (χ1v) is 8.21. The van der Waals surface area contributed by atoms with E-state index in [2.05, 4.69) is 20.5 Å². The Labute approximate surface area is 148 Å². The summed E-state index contributed by atoms with van der Waals surface area (Å²) in [5, 5.41) is 6.07. The summed E-state index contributed by atoms with van der Waals surface area (Å²) in [5.41, 5.74) is 2.60. The number of nitrogens with one attached hydrogen (secondary N) is 2. The lowest BCUT2D eigenvalue weighted by Crippen LogP contribution is -2.27. The van der Waals surface area contributed by atoms with Gasteiger partial charge < -0.3 is 15.5 Å². The summed E-state index contributed by atoms with van der Waals surface area (Å²) < 4.78 is 0. The molecule has 0 unspecified atom stereocenters. The molecule has 1 aromatic heterocycles. The van der Waals surface area contributed by atoms with Crippen molar-refractivity contribution in [3.63, 3.8) is 0 Å². The highest BCUT2D eigenvalue weighted by Gasteiger charge is 2.07. The Kier molecular flexibility index (Phi) is 6.65. The quantitative estimate of drug-likeness (QED) is 0.571. The van der Waals surface area contributed by atoms with E-state index in [9.17, 15) is 9.59 Å². The minimum atomic E-state index is -0.146. The van der Waals surface area contributed by atoms with Gasteiger partial charge in [0.2, 0.25) is 0 Å². The highest BCUT2D eigenvalue weighted by molar-refractivity contribution is 5.96. The average Bonchev–Trinajstić information content (AvgIpc) is 2.59. The maximum absolute atomic E-state index is 12.2. The highest BCUT2D eigenvalue weighted by atomic mass is 16.1. The molecule has 0 saturated carbocycles. The van der Waals surface area contributed by atoms with Gasteiger partial charge in [-0.1, -0.05) is 12.1 Å². The number of carbonyl (C=O) groups excluding carboxylic acids is 2. The van der Waals surface area contributed by atoms with Crippen LogP contribution in [0.1, 0.15) is 34.1 Å². The molecule has 0 atom stereocenters. The van der Waals surface area contributed by atoms with Crippen LogP contribution in [0, 0.1) is 0 Å². The number of anilines is 2. The van der Waals surface area contributed by atoms with Crippen molar-refractivity contribution in [2.75, 3.05) is 32.5 Å². The zero-order valence-corrected chi connectivity index (χ0v) is 14.9. The minimum Gasteiger partial charge on any atom is -0.354 e. The molecule has 1 heterocycles. The first-order chi connectivity index (χ1) is 12.0. The summed E-state index contributed by atoms with van der Waals surface area (Å²) in [7, 11) is 4.00. The lowest BCUT2D eigenvalue weighted by molar-refractivity contribution is 0.0951. The van der Waals surface area contributed by atoms with Crippen LogP contribution in [0.5, 0.6) is 0 Å². The molecule has 0 spiro atoms. The van der Waals surface area contributed by atoms with E-state index >= 15 is 0 Å². The summed E-state index contributed by atoms with van der Waals surface area (Å²) >= 11 is 0. The number of carbonyl (C=O) groups is 2. The van der Waals surface area contributed by atoms with E-state index in [1.807, 2.05) is 26.2 Å². The van der Waals surface area contributed by atoms with Crippen LogP contribution in [-0.2, 0) is 0 Å². The van der Waals surface area contributed by atoms with Crippen LogP contribution < -0.4 is 10.6 Å². The Morgan fingerprint density at radius 2 is 1.84 bits per heavy atom. The smallest absolute Gasteiger partial charge is 0.252 e. The van der Waals surface area contributed by atoms with Crippen LogP contribution in [0.15, 0.2) is 42.7 Å². The Morgan fingerprint density at radius 3 is 2.56 bits per heavy atom. The molecule has 25 heavy (non-hydrogen) atoms. The molecule has 0 fully saturated rings. The lowest BCUT2D eigenvalue weighted by Gasteiger charge is -2.11. The van der Waals surface area contributed by atoms with Crippen molar-refractivity contribution >= 4 is 23.1 Å². The number of rotatable bonds is 8. The van der Waals surface area contributed by atoms with Gasteiger partial charge in [0.15, 0.2) is 5.78 Å². The normalized spacial score (nSPS) is 10.6. The van der Waals surface area contributed by atoms with E-state index in [4.69, 9.17) is 0 Å². The van der Waals surface area contributed by atoms with Gasteiger partial charge in [0.1, 0.15) is 0 Å². The molecule has 0 saturated heterocycles. The van der Waals surface area contributed by atoms with Crippen molar-refractivity contribution < 1.29 is 9.59 Å². The summed E-state index contributed by atoms with van der Waals surface area (Å²) in [6.07, 6.45) is 4.07. The number of aromatic nitrogens is 1. The molecular formula is C19H24N4O2. The molecule has 0 aliphatic rings. The second-order valence-corrected chi connectivity index (χ2v) is 6.14. The predicted octanol–water partition coefficient (Wildman–Crippen LogP) is 2.71. The largest absolute Gasteiger partial charge is 0.354 e. The van der Waals surface area contributed by atoms with Gasteiger partial charge in [-0.15, -0.1) is 0 Å². The third-order valence-electron chi connectivity index (χ3n) is 3.63. The van der Waals surface area contributed by atoms with Gasteiger partial charge in [-0.05, 0) is 52.2 Å². The fourth-order valence-corrected chi connectivity index (χ4v) is 2.31. The van der Waals surface area contributed by atoms with Gasteiger partial charge in [0.25, 0.3) is 5.91 Å². The Balaban J connectivity index is 2.00. The van der Waals surface area contributed by atoms with Gasteiger partial charge in [-0.2, -0.15) is 0 Å². The number of amides is 1. The third kappa shape index (κ3) is 6.00. The first-order valence-electron chi connectivity index (χ1n) is 8.21. The third-order valence-corrected chi connectivity index (χ3v) is 3.63. The van der Waals surface area contributed by atoms with E-state index in [0.29, 0.717) is 23.4 Å². The van der Waals surface area contributed by atoms with E-state index in [1.54, 1.807) is 30.6 Å². The zero-order chi connectivity index (χ0) is 18.2. The molecule has 6 nitrogen and oxygen atoms in total. The summed E-state index contributed by atoms with van der Waals surface area (Å²) in [5.74, 6) is -0.139. The van der Waals surface area contributed by atoms with E-state index < -0.39 is 0 Å². The molecule has 6 heteroatoms. The van der Waals surface area contributed by atoms with Crippen LogP contribution in [0.3, 0.4) is 0 Å². The van der Waals surface area contributed by atoms with Crippen molar-refractivity contribution in [3.8, 4) is 0 Å². The Morgan fingerprint density at radius 1 is 1.08 bits per heavy atom. The van der Waals surface area contributed by atoms with Gasteiger partial charge in [0.05, 0.1) is 17.4 Å². The molecule has 2 N–H and O–H groups in total. The van der Waals surface area contributed by atoms with E-state index in [1.165, 1.54) is 6.92 Å². The molecular weight excluding hydrogens is 316 g/mol. The second-order valence-electron chi connectivity index (χ2n) is 6.14. The molecule has 132 valence electrons. The number of nitrogens with zero attached hydrogens (tertiary/aromatic N) is 2. The van der Waals surface area contributed by atoms with Crippen molar-refractivity contribution in [2.45, 2.75) is 13.3 Å². The maximum atomic E-state index is 12.2. The number of benzene rings is 1. The summed E-state index contributed by atoms with van der Waals surface area (Å²) in [6.45, 7) is 3.07. The fourth-order valence-electron chi connectivity index (χ4n) is 2.31. The average molecular weight is 340 g/mol. The van der Waals surface area contributed by atoms with Crippen LogP contribution in [-0.4, -0.2) is 48.8 Å². The summed E-state index contributed by atoms with van der Waals surface area (Å²) in [4.78, 5) is 29.9. The number of hydrogen-bond acceptors (Lipinski definition) is 5. The van der Waals surface area contributed by atoms with Crippen molar-refractivity contribution in [1.82, 2.24) is 15.2 Å². The molecule has 0 aliphatic heterocycles. The molecule has 0 bridgehead atoms. The molecule has 1 aromatic carbocycles. The molecule has 0 aliphatic carbocycles. The Hall–Kier alpha value is -2.73. The van der Waals surface area contributed by atoms with Crippen LogP contribution in [0.4, 0.5) is 11.4 Å². The topological polar surface area (TPSA) is 74.3 Å². The second kappa shape index (κ2) is 8.94. The van der Waals surface area contributed by atoms with Crippen molar-refractivity contribution in [3.05, 3.63) is 53.9 Å². The van der Waals surface area contributed by atoms with Crippen molar-refractivity contribution in [2.24, 2.45) is 0 Å². The van der Waals surface area contributed by atoms with Gasteiger partial charge in [-0.25, -0.2) is 0 Å². The first kappa shape index (κ1) is 18.6. The lowest BCUT2D eigenvalue weighted by atomic mass is 10.1. The number of hydrogen-bond donors (Lipinski definition) is 2. The zero-order valence-electron chi connectivity index (χ0n) is 14.9. The fraction of sp³-hybridized carbons (Fsp3) is 0.316. The number of Topliss-reactive ketones (excluding diaryl/α,β-unsaturated/α-hetero) is 1. The van der Waals surface area contributed by atoms with Crippen molar-refractivity contribution in [1.29, 1.82) is 0 Å². The van der Waals surface area contributed by atoms with E-state index in [-0.39, 0.29) is 11.7 Å². The van der Waals surface area contributed by atoms with Gasteiger partial charge >= 0.3 is 0 Å². The standard InChI is InChI=1S/C19H24N4O2/c1-14(24)15-6-4-7-17(10-15)22-18-11-16(12-20-13-18)19(25)21-8-5-9-23(2)3/h4,6-7,10-13,22H,5,8-9H2,1-3H3,(H,21,25).